The van der Waals surface area contributed by atoms with Crippen LogP contribution in [0.2, 0.25) is 10.0 Å². The highest BCUT2D eigenvalue weighted by Gasteiger charge is 2.39. The Morgan fingerprint density at radius 2 is 1.86 bits per heavy atom. The lowest BCUT2D eigenvalue weighted by Crippen LogP contribution is -2.41. The molecule has 3 aromatic rings. The summed E-state index contributed by atoms with van der Waals surface area (Å²) < 4.78 is 33.7. The Bertz CT molecular complexity index is 1360. The maximum atomic E-state index is 13.1. The maximum absolute atomic E-state index is 13.1. The van der Waals surface area contributed by atoms with Crippen LogP contribution in [0.15, 0.2) is 59.8 Å². The number of aromatic nitrogens is 2. The average Bonchev–Trinajstić information content (AvgIpc) is 3.04. The van der Waals surface area contributed by atoms with Gasteiger partial charge in [-0.15, -0.1) is 0 Å². The van der Waals surface area contributed by atoms with Gasteiger partial charge in [0.15, 0.2) is 5.03 Å². The van der Waals surface area contributed by atoms with Gasteiger partial charge in [-0.25, -0.2) is 9.71 Å². The summed E-state index contributed by atoms with van der Waals surface area (Å²) in [5.74, 6) is 0.341. The van der Waals surface area contributed by atoms with E-state index in [9.17, 15) is 13.2 Å². The van der Waals surface area contributed by atoms with Crippen molar-refractivity contribution in [2.24, 2.45) is 5.92 Å². The van der Waals surface area contributed by atoms with Crippen molar-refractivity contribution in [3.05, 3.63) is 70.3 Å². The van der Waals surface area contributed by atoms with Crippen molar-refractivity contribution in [1.29, 1.82) is 0 Å². The Hall–Kier alpha value is -2.88. The molecule has 2 aromatic heterocycles. The third-order valence-electron chi connectivity index (χ3n) is 5.62. The van der Waals surface area contributed by atoms with E-state index in [1.165, 1.54) is 36.4 Å². The van der Waals surface area contributed by atoms with Crippen LogP contribution in [-0.4, -0.2) is 36.4 Å². The van der Waals surface area contributed by atoms with Crippen LogP contribution in [0.5, 0.6) is 11.6 Å². The zero-order chi connectivity index (χ0) is 25.4. The van der Waals surface area contributed by atoms with Gasteiger partial charge in [0.05, 0.1) is 5.56 Å². The first kappa shape index (κ1) is 25.2. The van der Waals surface area contributed by atoms with Crippen LogP contribution in [-0.2, 0) is 10.0 Å². The van der Waals surface area contributed by atoms with E-state index >= 15 is 0 Å². The van der Waals surface area contributed by atoms with E-state index in [0.717, 1.165) is 6.42 Å². The van der Waals surface area contributed by atoms with Crippen LogP contribution in [0.4, 0.5) is 5.82 Å². The number of nitrogens with zero attached hydrogens (tertiary/aromatic N) is 3. The van der Waals surface area contributed by atoms with Gasteiger partial charge in [0, 0.05) is 34.4 Å². The fourth-order valence-electron chi connectivity index (χ4n) is 4.29. The molecule has 1 aromatic carbocycles. The van der Waals surface area contributed by atoms with Gasteiger partial charge in [-0.3, -0.25) is 4.79 Å². The summed E-state index contributed by atoms with van der Waals surface area (Å²) in [6.45, 7) is 7.00. The number of halogens is 2. The fraction of sp³-hybridized carbons (Fsp3) is 0.292. The second kappa shape index (κ2) is 9.64. The quantitative estimate of drug-likeness (QED) is 0.456. The molecule has 0 bridgehead atoms. The summed E-state index contributed by atoms with van der Waals surface area (Å²) in [6, 6.07) is 11.9. The molecule has 8 nitrogen and oxygen atoms in total. The number of carbonyl (C=O) groups is 1. The van der Waals surface area contributed by atoms with Crippen molar-refractivity contribution in [3.8, 4) is 11.6 Å². The van der Waals surface area contributed by atoms with E-state index in [1.807, 2.05) is 4.90 Å². The lowest BCUT2D eigenvalue weighted by atomic mass is 9.97. The van der Waals surface area contributed by atoms with E-state index < -0.39 is 15.9 Å². The Kier molecular flexibility index (Phi) is 6.95. The third-order valence-corrected chi connectivity index (χ3v) is 7.29. The number of pyridine rings is 2. The molecular formula is C24H24Cl2N4O4S. The largest absolute Gasteiger partial charge is 0.439 e. The average molecular weight is 535 g/mol. The topological polar surface area (TPSA) is 101 Å². The Balaban J connectivity index is 1.58. The predicted octanol–water partition coefficient (Wildman–Crippen LogP) is 5.32. The van der Waals surface area contributed by atoms with Gasteiger partial charge in [-0.2, -0.15) is 13.4 Å². The number of rotatable bonds is 6. The molecule has 1 atom stereocenters. The molecule has 1 aliphatic heterocycles. The number of amides is 1. The minimum atomic E-state index is -4.31. The molecule has 35 heavy (non-hydrogen) atoms. The third kappa shape index (κ3) is 5.69. The minimum Gasteiger partial charge on any atom is -0.439 e. The summed E-state index contributed by atoms with van der Waals surface area (Å²) in [5, 5.41) is 0.329. The number of carbonyl (C=O) groups excluding carboxylic acids is 1. The zero-order valence-electron chi connectivity index (χ0n) is 19.3. The molecule has 1 unspecified atom stereocenters. The molecule has 1 saturated heterocycles. The molecule has 0 spiro atoms. The van der Waals surface area contributed by atoms with E-state index in [4.69, 9.17) is 27.9 Å². The van der Waals surface area contributed by atoms with Crippen molar-refractivity contribution in [2.45, 2.75) is 37.8 Å². The maximum Gasteiger partial charge on any atom is 0.281 e. The minimum absolute atomic E-state index is 0.00599. The number of hydrogen-bond donors (Lipinski definition) is 1. The lowest BCUT2D eigenvalue weighted by Gasteiger charge is -2.33. The smallest absolute Gasteiger partial charge is 0.281 e. The molecule has 1 aliphatic rings. The molecule has 1 amide bonds. The van der Waals surface area contributed by atoms with Gasteiger partial charge in [0.1, 0.15) is 11.6 Å². The monoisotopic (exact) mass is 534 g/mol. The molecule has 3 heterocycles. The summed E-state index contributed by atoms with van der Waals surface area (Å²) in [6.07, 6.45) is 2.52. The van der Waals surface area contributed by atoms with E-state index in [1.54, 1.807) is 18.3 Å². The number of ether oxygens (including phenoxy) is 1. The zero-order valence-corrected chi connectivity index (χ0v) is 21.7. The SMILES string of the molecule is CC1CN(c2ncccc2C(=O)NS(=O)(=O)c2cccc(Oc3cc(Cl)cc(Cl)c3)n2)C(C)(C)C1. The second-order valence-electron chi connectivity index (χ2n) is 9.06. The summed E-state index contributed by atoms with van der Waals surface area (Å²) >= 11 is 12.0. The van der Waals surface area contributed by atoms with Crippen LogP contribution >= 0.6 is 23.2 Å². The Labute approximate surface area is 214 Å². The lowest BCUT2D eigenvalue weighted by molar-refractivity contribution is 0.0981. The number of sulfonamides is 1. The number of anilines is 1. The molecule has 184 valence electrons. The first-order valence-electron chi connectivity index (χ1n) is 10.9. The van der Waals surface area contributed by atoms with Crippen molar-refractivity contribution >= 4 is 45.0 Å². The van der Waals surface area contributed by atoms with Crippen LogP contribution in [0, 0.1) is 5.92 Å². The summed E-state index contributed by atoms with van der Waals surface area (Å²) in [5.41, 5.74) is -0.0581. The summed E-state index contributed by atoms with van der Waals surface area (Å²) in [7, 11) is -4.31. The first-order valence-corrected chi connectivity index (χ1v) is 13.1. The molecule has 1 fully saturated rings. The number of benzene rings is 1. The highest BCUT2D eigenvalue weighted by atomic mass is 35.5. The van der Waals surface area contributed by atoms with Gasteiger partial charge >= 0.3 is 0 Å². The Morgan fingerprint density at radius 3 is 2.51 bits per heavy atom. The van der Waals surface area contributed by atoms with Crippen LogP contribution in [0.3, 0.4) is 0 Å². The van der Waals surface area contributed by atoms with Crippen molar-refractivity contribution < 1.29 is 17.9 Å². The van der Waals surface area contributed by atoms with Crippen LogP contribution in [0.1, 0.15) is 37.6 Å². The predicted molar refractivity (Wildman–Crippen MR) is 135 cm³/mol. The van der Waals surface area contributed by atoms with Gasteiger partial charge in [-0.05, 0) is 62.6 Å². The molecule has 0 radical (unpaired) electrons. The molecular weight excluding hydrogens is 511 g/mol. The van der Waals surface area contributed by atoms with Gasteiger partial charge < -0.3 is 9.64 Å². The van der Waals surface area contributed by atoms with E-state index in [-0.39, 0.29) is 27.8 Å². The number of nitrogens with one attached hydrogen (secondary N) is 1. The van der Waals surface area contributed by atoms with Gasteiger partial charge in [-0.1, -0.05) is 36.2 Å². The molecule has 0 aliphatic carbocycles. The van der Waals surface area contributed by atoms with Crippen LogP contribution < -0.4 is 14.4 Å². The normalized spacial score (nSPS) is 17.3. The number of hydrogen-bond acceptors (Lipinski definition) is 7. The molecule has 1 N–H and O–H groups in total. The van der Waals surface area contributed by atoms with E-state index in [0.29, 0.717) is 28.3 Å². The molecule has 0 saturated carbocycles. The van der Waals surface area contributed by atoms with Crippen molar-refractivity contribution in [2.75, 3.05) is 11.4 Å². The van der Waals surface area contributed by atoms with Crippen molar-refractivity contribution in [3.63, 3.8) is 0 Å². The molecule has 11 heteroatoms. The Morgan fingerprint density at radius 1 is 1.14 bits per heavy atom. The highest BCUT2D eigenvalue weighted by Crippen LogP contribution is 2.37. The highest BCUT2D eigenvalue weighted by molar-refractivity contribution is 7.90. The van der Waals surface area contributed by atoms with Crippen molar-refractivity contribution in [1.82, 2.24) is 14.7 Å². The van der Waals surface area contributed by atoms with E-state index in [2.05, 4.69) is 35.5 Å². The first-order chi connectivity index (χ1) is 16.4. The standard InChI is InChI=1S/C24H24Cl2N4O4S/c1-15-13-24(2,3)30(14-15)22-19(6-5-9-27-22)23(31)29-35(32,33)21-8-4-7-20(28-21)34-18-11-16(25)10-17(26)12-18/h4-12,15H,13-14H2,1-3H3,(H,29,31). The second-order valence-corrected chi connectivity index (χ2v) is 11.6. The fourth-order valence-corrected chi connectivity index (χ4v) is 5.72. The molecule has 4 rings (SSSR count). The van der Waals surface area contributed by atoms with Gasteiger partial charge in [0.25, 0.3) is 15.9 Å². The van der Waals surface area contributed by atoms with Gasteiger partial charge in [0.2, 0.25) is 5.88 Å². The summed E-state index contributed by atoms with van der Waals surface area (Å²) in [4.78, 5) is 23.6. The van der Waals surface area contributed by atoms with Crippen LogP contribution in [0.25, 0.3) is 0 Å².